The first-order chi connectivity index (χ1) is 12.5. The minimum atomic E-state index is -0.938. The highest BCUT2D eigenvalue weighted by Gasteiger charge is 2.23. The van der Waals surface area contributed by atoms with Gasteiger partial charge in [-0.15, -0.1) is 0 Å². The number of aliphatic hydroxyl groups is 2. The van der Waals surface area contributed by atoms with E-state index in [2.05, 4.69) is 0 Å². The van der Waals surface area contributed by atoms with Crippen LogP contribution in [0, 0.1) is 0 Å². The van der Waals surface area contributed by atoms with Gasteiger partial charge >= 0.3 is 0 Å². The summed E-state index contributed by atoms with van der Waals surface area (Å²) < 4.78 is 0. The lowest BCUT2D eigenvalue weighted by molar-refractivity contribution is 0.0374. The fourth-order valence-corrected chi connectivity index (χ4v) is 3.06. The van der Waals surface area contributed by atoms with Gasteiger partial charge in [0.25, 0.3) is 0 Å². The number of aromatic hydroxyl groups is 2. The largest absolute Gasteiger partial charge is 0.508 e. The van der Waals surface area contributed by atoms with Crippen LogP contribution in [-0.2, 0) is 5.60 Å². The summed E-state index contributed by atoms with van der Waals surface area (Å²) in [7, 11) is 0. The molecule has 4 N–H and O–H groups in total. The SMILES string of the molecule is CC(C)(O)CCCCC(C)(O)c1cccc(/C=C/c2cc(O)cc(O)c2)c1. The minimum Gasteiger partial charge on any atom is -0.508 e. The molecule has 0 fully saturated rings. The molecule has 0 bridgehead atoms. The van der Waals surface area contributed by atoms with Crippen molar-refractivity contribution in [1.29, 1.82) is 0 Å². The molecule has 0 aliphatic heterocycles. The summed E-state index contributed by atoms with van der Waals surface area (Å²) in [6, 6.07) is 12.1. The topological polar surface area (TPSA) is 80.9 Å². The Morgan fingerprint density at radius 3 is 2.00 bits per heavy atom. The van der Waals surface area contributed by atoms with E-state index in [9.17, 15) is 20.4 Å². The van der Waals surface area contributed by atoms with Crippen molar-refractivity contribution in [3.8, 4) is 11.5 Å². The minimum absolute atomic E-state index is 0.0115. The van der Waals surface area contributed by atoms with Gasteiger partial charge in [0, 0.05) is 6.07 Å². The lowest BCUT2D eigenvalue weighted by Crippen LogP contribution is -2.22. The Hall–Kier alpha value is -2.30. The lowest BCUT2D eigenvalue weighted by atomic mass is 9.88. The van der Waals surface area contributed by atoms with Gasteiger partial charge in [-0.05, 0) is 68.5 Å². The van der Waals surface area contributed by atoms with Gasteiger partial charge in [-0.25, -0.2) is 0 Å². The number of phenols is 2. The van der Waals surface area contributed by atoms with Crippen LogP contribution in [0.1, 0.15) is 63.1 Å². The van der Waals surface area contributed by atoms with Crippen LogP contribution in [-0.4, -0.2) is 26.0 Å². The van der Waals surface area contributed by atoms with Gasteiger partial charge in [-0.2, -0.15) is 0 Å². The van der Waals surface area contributed by atoms with E-state index in [-0.39, 0.29) is 11.5 Å². The predicted molar refractivity (Wildman–Crippen MR) is 109 cm³/mol. The third kappa shape index (κ3) is 7.08. The summed E-state index contributed by atoms with van der Waals surface area (Å²) in [4.78, 5) is 0. The summed E-state index contributed by atoms with van der Waals surface area (Å²) in [6.45, 7) is 5.41. The van der Waals surface area contributed by atoms with Crippen LogP contribution >= 0.6 is 0 Å². The summed E-state index contributed by atoms with van der Waals surface area (Å²) >= 11 is 0. The van der Waals surface area contributed by atoms with E-state index in [1.807, 2.05) is 37.3 Å². The Bertz CT molecular complexity index is 765. The van der Waals surface area contributed by atoms with Gasteiger partial charge in [-0.3, -0.25) is 0 Å². The molecule has 4 nitrogen and oxygen atoms in total. The zero-order valence-electron chi connectivity index (χ0n) is 16.3. The molecule has 2 aromatic carbocycles. The maximum atomic E-state index is 10.8. The number of rotatable bonds is 8. The molecule has 0 heterocycles. The van der Waals surface area contributed by atoms with Crippen molar-refractivity contribution in [3.05, 3.63) is 59.2 Å². The highest BCUT2D eigenvalue weighted by atomic mass is 16.3. The van der Waals surface area contributed by atoms with Crippen molar-refractivity contribution < 1.29 is 20.4 Å². The molecule has 0 aliphatic carbocycles. The quantitative estimate of drug-likeness (QED) is 0.397. The third-order valence-electron chi connectivity index (χ3n) is 4.60. The number of unbranched alkanes of at least 4 members (excludes halogenated alkanes) is 1. The van der Waals surface area contributed by atoms with Crippen molar-refractivity contribution in [2.45, 2.75) is 57.7 Å². The number of benzene rings is 2. The molecule has 0 saturated heterocycles. The van der Waals surface area contributed by atoms with Crippen molar-refractivity contribution in [2.75, 3.05) is 0 Å². The Kier molecular flexibility index (Phi) is 6.68. The molecule has 0 saturated carbocycles. The lowest BCUT2D eigenvalue weighted by Gasteiger charge is -2.25. The van der Waals surface area contributed by atoms with E-state index in [1.165, 1.54) is 6.07 Å². The molecule has 2 aromatic rings. The second-order valence-electron chi connectivity index (χ2n) is 8.03. The molecular weight excluding hydrogens is 340 g/mol. The van der Waals surface area contributed by atoms with Crippen molar-refractivity contribution in [1.82, 2.24) is 0 Å². The molecule has 0 aromatic heterocycles. The Morgan fingerprint density at radius 2 is 1.37 bits per heavy atom. The Morgan fingerprint density at radius 1 is 0.778 bits per heavy atom. The van der Waals surface area contributed by atoms with Crippen molar-refractivity contribution in [3.63, 3.8) is 0 Å². The van der Waals surface area contributed by atoms with Gasteiger partial charge < -0.3 is 20.4 Å². The van der Waals surface area contributed by atoms with Crippen LogP contribution < -0.4 is 0 Å². The normalized spacial score (nSPS) is 14.4. The van der Waals surface area contributed by atoms with E-state index < -0.39 is 11.2 Å². The average molecular weight is 370 g/mol. The number of hydrogen-bond acceptors (Lipinski definition) is 4. The highest BCUT2D eigenvalue weighted by Crippen LogP contribution is 2.29. The second-order valence-corrected chi connectivity index (χ2v) is 8.03. The summed E-state index contributed by atoms with van der Waals surface area (Å²) in [5.41, 5.74) is 0.846. The summed E-state index contributed by atoms with van der Waals surface area (Å²) in [6.07, 6.45) is 6.71. The molecule has 1 atom stereocenters. The number of phenolic OH excluding ortho intramolecular Hbond substituents is 2. The van der Waals surface area contributed by atoms with Crippen molar-refractivity contribution in [2.24, 2.45) is 0 Å². The van der Waals surface area contributed by atoms with Crippen LogP contribution in [0.3, 0.4) is 0 Å². The first kappa shape index (κ1) is 21.0. The van der Waals surface area contributed by atoms with Crippen LogP contribution in [0.2, 0.25) is 0 Å². The van der Waals surface area contributed by atoms with E-state index in [1.54, 1.807) is 32.1 Å². The van der Waals surface area contributed by atoms with Crippen LogP contribution in [0.25, 0.3) is 12.2 Å². The zero-order valence-corrected chi connectivity index (χ0v) is 16.3. The van der Waals surface area contributed by atoms with Gasteiger partial charge in [-0.1, -0.05) is 43.2 Å². The van der Waals surface area contributed by atoms with E-state index in [4.69, 9.17) is 0 Å². The third-order valence-corrected chi connectivity index (χ3v) is 4.60. The molecule has 0 aliphatic rings. The average Bonchev–Trinajstić information content (AvgIpc) is 2.56. The molecule has 146 valence electrons. The highest BCUT2D eigenvalue weighted by molar-refractivity contribution is 5.71. The van der Waals surface area contributed by atoms with E-state index in [0.29, 0.717) is 18.4 Å². The fourth-order valence-electron chi connectivity index (χ4n) is 3.06. The summed E-state index contributed by atoms with van der Waals surface area (Å²) in [5, 5.41) is 39.7. The van der Waals surface area contributed by atoms with E-state index in [0.717, 1.165) is 24.0 Å². The first-order valence-electron chi connectivity index (χ1n) is 9.32. The Labute approximate surface area is 161 Å². The van der Waals surface area contributed by atoms with Gasteiger partial charge in [0.15, 0.2) is 0 Å². The van der Waals surface area contributed by atoms with Crippen LogP contribution in [0.5, 0.6) is 11.5 Å². The maximum absolute atomic E-state index is 10.8. The molecule has 1 unspecified atom stereocenters. The van der Waals surface area contributed by atoms with Gasteiger partial charge in [0.1, 0.15) is 11.5 Å². The molecule has 0 spiro atoms. The van der Waals surface area contributed by atoms with Gasteiger partial charge in [0.2, 0.25) is 0 Å². The molecule has 4 heteroatoms. The standard InChI is InChI=1S/C23H30O4/c1-22(2,26)11-4-5-12-23(3,27)19-8-6-7-17(13-19)9-10-18-14-20(24)16-21(25)15-18/h6-10,13-16,24-27H,4-5,11-12H2,1-3H3/b10-9+. The number of hydrogen-bond donors (Lipinski definition) is 4. The fraction of sp³-hybridized carbons (Fsp3) is 0.391. The Balaban J connectivity index is 2.05. The smallest absolute Gasteiger partial charge is 0.119 e. The maximum Gasteiger partial charge on any atom is 0.119 e. The molecular formula is C23H30O4. The van der Waals surface area contributed by atoms with Crippen LogP contribution in [0.15, 0.2) is 42.5 Å². The van der Waals surface area contributed by atoms with E-state index >= 15 is 0 Å². The molecule has 2 rings (SSSR count). The predicted octanol–water partition coefficient (Wildman–Crippen LogP) is 4.81. The monoisotopic (exact) mass is 370 g/mol. The molecule has 0 amide bonds. The second kappa shape index (κ2) is 8.59. The van der Waals surface area contributed by atoms with Crippen LogP contribution in [0.4, 0.5) is 0 Å². The van der Waals surface area contributed by atoms with Gasteiger partial charge in [0.05, 0.1) is 11.2 Å². The summed E-state index contributed by atoms with van der Waals surface area (Å²) in [5.74, 6) is 0.0229. The van der Waals surface area contributed by atoms with Crippen molar-refractivity contribution >= 4 is 12.2 Å². The zero-order chi connectivity index (χ0) is 20.1. The first-order valence-corrected chi connectivity index (χ1v) is 9.32. The molecule has 0 radical (unpaired) electrons. The molecule has 27 heavy (non-hydrogen) atoms.